The van der Waals surface area contributed by atoms with Crippen LogP contribution in [-0.2, 0) is 0 Å². The SMILES string of the molecule is CCN(c1ccccc1)C1CCCCC1N. The second-order valence-corrected chi connectivity index (χ2v) is 4.64. The quantitative estimate of drug-likeness (QED) is 0.845. The van der Waals surface area contributed by atoms with E-state index in [-0.39, 0.29) is 0 Å². The molecular formula is C14H22N2. The molecule has 1 aliphatic carbocycles. The van der Waals surface area contributed by atoms with E-state index >= 15 is 0 Å². The minimum Gasteiger partial charge on any atom is -0.367 e. The predicted octanol–water partition coefficient (Wildman–Crippen LogP) is 2.78. The van der Waals surface area contributed by atoms with Gasteiger partial charge in [0.15, 0.2) is 0 Å². The third-order valence-corrected chi connectivity index (χ3v) is 3.61. The number of hydrogen-bond acceptors (Lipinski definition) is 2. The Balaban J connectivity index is 2.15. The van der Waals surface area contributed by atoms with Crippen LogP contribution < -0.4 is 10.6 Å². The van der Waals surface area contributed by atoms with E-state index in [9.17, 15) is 0 Å². The molecule has 0 radical (unpaired) electrons. The highest BCUT2D eigenvalue weighted by molar-refractivity contribution is 5.47. The summed E-state index contributed by atoms with van der Waals surface area (Å²) in [5.41, 5.74) is 7.56. The first-order valence-electron chi connectivity index (χ1n) is 6.40. The van der Waals surface area contributed by atoms with Gasteiger partial charge in [0.1, 0.15) is 0 Å². The molecule has 0 bridgehead atoms. The molecule has 0 aliphatic heterocycles. The number of nitrogens with zero attached hydrogens (tertiary/aromatic N) is 1. The average Bonchev–Trinajstić information content (AvgIpc) is 2.34. The normalized spacial score (nSPS) is 25.4. The summed E-state index contributed by atoms with van der Waals surface area (Å²) in [6.07, 6.45) is 5.03. The summed E-state index contributed by atoms with van der Waals surface area (Å²) in [4.78, 5) is 2.46. The molecule has 1 aromatic rings. The van der Waals surface area contributed by atoms with Crippen LogP contribution in [0.25, 0.3) is 0 Å². The third kappa shape index (κ3) is 2.38. The number of nitrogens with two attached hydrogens (primary N) is 1. The van der Waals surface area contributed by atoms with E-state index in [2.05, 4.69) is 42.2 Å². The monoisotopic (exact) mass is 218 g/mol. The van der Waals surface area contributed by atoms with Crippen LogP contribution in [0.15, 0.2) is 30.3 Å². The van der Waals surface area contributed by atoms with Gasteiger partial charge in [-0.1, -0.05) is 31.0 Å². The molecular weight excluding hydrogens is 196 g/mol. The highest BCUT2D eigenvalue weighted by atomic mass is 15.2. The minimum absolute atomic E-state index is 0.342. The molecule has 2 rings (SSSR count). The lowest BCUT2D eigenvalue weighted by Crippen LogP contribution is -2.49. The van der Waals surface area contributed by atoms with Crippen LogP contribution in [0.4, 0.5) is 5.69 Å². The lowest BCUT2D eigenvalue weighted by molar-refractivity contribution is 0.366. The molecule has 0 saturated heterocycles. The van der Waals surface area contributed by atoms with E-state index in [4.69, 9.17) is 5.73 Å². The van der Waals surface area contributed by atoms with Gasteiger partial charge in [0, 0.05) is 24.3 Å². The number of likely N-dealkylation sites (N-methyl/N-ethyl adjacent to an activating group) is 1. The van der Waals surface area contributed by atoms with Crippen molar-refractivity contribution >= 4 is 5.69 Å². The smallest absolute Gasteiger partial charge is 0.0440 e. The largest absolute Gasteiger partial charge is 0.367 e. The lowest BCUT2D eigenvalue weighted by Gasteiger charge is -2.39. The van der Waals surface area contributed by atoms with E-state index in [1.165, 1.54) is 31.4 Å². The van der Waals surface area contributed by atoms with Crippen molar-refractivity contribution in [2.75, 3.05) is 11.4 Å². The molecule has 2 N–H and O–H groups in total. The molecule has 88 valence electrons. The Kier molecular flexibility index (Phi) is 3.83. The van der Waals surface area contributed by atoms with Gasteiger partial charge < -0.3 is 10.6 Å². The molecule has 0 aromatic heterocycles. The summed E-state index contributed by atoms with van der Waals surface area (Å²) < 4.78 is 0. The van der Waals surface area contributed by atoms with Crippen molar-refractivity contribution in [2.24, 2.45) is 5.73 Å². The van der Waals surface area contributed by atoms with Crippen LogP contribution in [0.3, 0.4) is 0 Å². The lowest BCUT2D eigenvalue weighted by atomic mass is 9.89. The molecule has 2 heteroatoms. The zero-order valence-electron chi connectivity index (χ0n) is 10.1. The molecule has 1 saturated carbocycles. The molecule has 2 nitrogen and oxygen atoms in total. The summed E-state index contributed by atoms with van der Waals surface area (Å²) in [5.74, 6) is 0. The topological polar surface area (TPSA) is 29.3 Å². The maximum atomic E-state index is 6.25. The number of hydrogen-bond donors (Lipinski definition) is 1. The molecule has 16 heavy (non-hydrogen) atoms. The Hall–Kier alpha value is -1.02. The van der Waals surface area contributed by atoms with Crippen LogP contribution in [0.5, 0.6) is 0 Å². The van der Waals surface area contributed by atoms with Crippen molar-refractivity contribution in [3.63, 3.8) is 0 Å². The Morgan fingerprint density at radius 3 is 2.50 bits per heavy atom. The summed E-state index contributed by atoms with van der Waals surface area (Å²) in [6, 6.07) is 11.5. The van der Waals surface area contributed by atoms with Gasteiger partial charge in [-0.05, 0) is 31.9 Å². The number of rotatable bonds is 3. The van der Waals surface area contributed by atoms with Crippen molar-refractivity contribution in [3.8, 4) is 0 Å². The number of para-hydroxylation sites is 1. The first-order chi connectivity index (χ1) is 7.83. The van der Waals surface area contributed by atoms with Crippen molar-refractivity contribution in [1.29, 1.82) is 0 Å². The second-order valence-electron chi connectivity index (χ2n) is 4.64. The summed E-state index contributed by atoms with van der Waals surface area (Å²) in [5, 5.41) is 0. The highest BCUT2D eigenvalue weighted by Crippen LogP contribution is 2.26. The van der Waals surface area contributed by atoms with Gasteiger partial charge in [0.25, 0.3) is 0 Å². The van der Waals surface area contributed by atoms with Gasteiger partial charge in [0.05, 0.1) is 0 Å². The summed E-state index contributed by atoms with van der Waals surface area (Å²) >= 11 is 0. The highest BCUT2D eigenvalue weighted by Gasteiger charge is 2.26. The maximum absolute atomic E-state index is 6.25. The average molecular weight is 218 g/mol. The first-order valence-corrected chi connectivity index (χ1v) is 6.40. The van der Waals surface area contributed by atoms with E-state index in [0.717, 1.165) is 6.54 Å². The third-order valence-electron chi connectivity index (χ3n) is 3.61. The van der Waals surface area contributed by atoms with E-state index in [0.29, 0.717) is 12.1 Å². The van der Waals surface area contributed by atoms with Gasteiger partial charge in [-0.2, -0.15) is 0 Å². The molecule has 2 unspecified atom stereocenters. The van der Waals surface area contributed by atoms with Crippen molar-refractivity contribution in [2.45, 2.75) is 44.7 Å². The number of anilines is 1. The van der Waals surface area contributed by atoms with Crippen molar-refractivity contribution < 1.29 is 0 Å². The Morgan fingerprint density at radius 1 is 1.19 bits per heavy atom. The summed E-state index contributed by atoms with van der Waals surface area (Å²) in [6.45, 7) is 3.26. The van der Waals surface area contributed by atoms with Gasteiger partial charge in [0.2, 0.25) is 0 Å². The standard InChI is InChI=1S/C14H22N2/c1-2-16(12-8-4-3-5-9-12)14-11-7-6-10-13(14)15/h3-5,8-9,13-14H,2,6-7,10-11,15H2,1H3. The zero-order chi connectivity index (χ0) is 11.4. The van der Waals surface area contributed by atoms with Crippen molar-refractivity contribution in [1.82, 2.24) is 0 Å². The van der Waals surface area contributed by atoms with Gasteiger partial charge in [-0.15, -0.1) is 0 Å². The molecule has 2 atom stereocenters. The molecule has 1 aliphatic rings. The Labute approximate surface area is 98.4 Å². The maximum Gasteiger partial charge on any atom is 0.0440 e. The first kappa shape index (κ1) is 11.5. The fourth-order valence-electron chi connectivity index (χ4n) is 2.75. The van der Waals surface area contributed by atoms with E-state index in [1.54, 1.807) is 0 Å². The van der Waals surface area contributed by atoms with Crippen LogP contribution in [0.2, 0.25) is 0 Å². The minimum atomic E-state index is 0.342. The fraction of sp³-hybridized carbons (Fsp3) is 0.571. The van der Waals surface area contributed by atoms with Gasteiger partial charge in [-0.25, -0.2) is 0 Å². The number of benzene rings is 1. The van der Waals surface area contributed by atoms with Crippen molar-refractivity contribution in [3.05, 3.63) is 30.3 Å². The van der Waals surface area contributed by atoms with E-state index < -0.39 is 0 Å². The molecule has 1 aromatic carbocycles. The van der Waals surface area contributed by atoms with E-state index in [1.807, 2.05) is 0 Å². The van der Waals surface area contributed by atoms with Crippen LogP contribution >= 0.6 is 0 Å². The van der Waals surface area contributed by atoms with Crippen LogP contribution in [0, 0.1) is 0 Å². The fourth-order valence-corrected chi connectivity index (χ4v) is 2.75. The summed E-state index contributed by atoms with van der Waals surface area (Å²) in [7, 11) is 0. The molecule has 0 amide bonds. The van der Waals surface area contributed by atoms with Crippen LogP contribution in [0.1, 0.15) is 32.6 Å². The Bertz CT molecular complexity index is 310. The van der Waals surface area contributed by atoms with Gasteiger partial charge >= 0.3 is 0 Å². The molecule has 0 spiro atoms. The zero-order valence-corrected chi connectivity index (χ0v) is 10.1. The second kappa shape index (κ2) is 5.35. The Morgan fingerprint density at radius 2 is 1.88 bits per heavy atom. The van der Waals surface area contributed by atoms with Crippen LogP contribution in [-0.4, -0.2) is 18.6 Å². The predicted molar refractivity (Wildman–Crippen MR) is 69.7 cm³/mol. The van der Waals surface area contributed by atoms with Gasteiger partial charge in [-0.3, -0.25) is 0 Å². The molecule has 1 fully saturated rings. The molecule has 0 heterocycles.